The first-order valence-corrected chi connectivity index (χ1v) is 8.84. The maximum atomic E-state index is 13.0. The minimum absolute atomic E-state index is 0.0549. The number of carbonyl (C=O) groups is 1. The first kappa shape index (κ1) is 16.0. The zero-order valence-electron chi connectivity index (χ0n) is 14.5. The van der Waals surface area contributed by atoms with Gasteiger partial charge in [-0.25, -0.2) is 0 Å². The van der Waals surface area contributed by atoms with Gasteiger partial charge in [0.1, 0.15) is 0 Å². The Balaban J connectivity index is 1.73. The van der Waals surface area contributed by atoms with Gasteiger partial charge in [-0.1, -0.05) is 30.3 Å². The molecule has 0 radical (unpaired) electrons. The van der Waals surface area contributed by atoms with Crippen LogP contribution in [0, 0.1) is 0 Å². The van der Waals surface area contributed by atoms with Crippen LogP contribution in [-0.2, 0) is 4.74 Å². The summed E-state index contributed by atoms with van der Waals surface area (Å²) in [6, 6.07) is 14.1. The van der Waals surface area contributed by atoms with Crippen molar-refractivity contribution in [3.63, 3.8) is 0 Å². The van der Waals surface area contributed by atoms with Crippen molar-refractivity contribution in [2.45, 2.75) is 44.9 Å². The molecule has 1 aliphatic rings. The summed E-state index contributed by atoms with van der Waals surface area (Å²) in [7, 11) is 0. The summed E-state index contributed by atoms with van der Waals surface area (Å²) in [5.74, 6) is -0.0549. The average Bonchev–Trinajstić information content (AvgIpc) is 2.60. The standard InChI is InChI=1S/C21H22N2O2/c1-13-10-16(11-14(2)25-13)23-21(24)19-12-15-6-3-4-7-17(15)18-8-5-9-22-20(18)19/h3-9,12-14,16H,10-11H2,1-2H3,(H,23,24)/t13-,14-/m1/s1. The number of hydrogen-bond donors (Lipinski definition) is 1. The van der Waals surface area contributed by atoms with E-state index in [4.69, 9.17) is 4.74 Å². The van der Waals surface area contributed by atoms with Crippen molar-refractivity contribution < 1.29 is 9.53 Å². The molecule has 1 saturated heterocycles. The number of hydrogen-bond acceptors (Lipinski definition) is 3. The Morgan fingerprint density at radius 3 is 2.60 bits per heavy atom. The number of carbonyl (C=O) groups excluding carboxylic acids is 1. The predicted molar refractivity (Wildman–Crippen MR) is 99.7 cm³/mol. The Kier molecular flexibility index (Phi) is 4.14. The molecule has 0 aliphatic carbocycles. The molecule has 0 saturated carbocycles. The quantitative estimate of drug-likeness (QED) is 0.719. The van der Waals surface area contributed by atoms with Crippen LogP contribution in [0.4, 0.5) is 0 Å². The molecule has 1 aromatic heterocycles. The molecule has 1 fully saturated rings. The second-order valence-corrected chi connectivity index (χ2v) is 6.94. The molecular formula is C21H22N2O2. The van der Waals surface area contributed by atoms with Crippen molar-refractivity contribution in [3.05, 3.63) is 54.2 Å². The summed E-state index contributed by atoms with van der Waals surface area (Å²) in [4.78, 5) is 17.5. The van der Waals surface area contributed by atoms with Crippen LogP contribution in [-0.4, -0.2) is 29.1 Å². The summed E-state index contributed by atoms with van der Waals surface area (Å²) < 4.78 is 5.77. The molecule has 2 aromatic carbocycles. The molecule has 1 amide bonds. The number of aromatic nitrogens is 1. The smallest absolute Gasteiger partial charge is 0.253 e. The van der Waals surface area contributed by atoms with Crippen LogP contribution in [0.5, 0.6) is 0 Å². The molecule has 0 bridgehead atoms. The van der Waals surface area contributed by atoms with Crippen LogP contribution in [0.15, 0.2) is 48.7 Å². The van der Waals surface area contributed by atoms with E-state index in [1.807, 2.05) is 36.4 Å². The van der Waals surface area contributed by atoms with E-state index in [1.54, 1.807) is 6.20 Å². The molecule has 2 heterocycles. The lowest BCUT2D eigenvalue weighted by Gasteiger charge is -2.32. The molecule has 0 unspecified atom stereocenters. The van der Waals surface area contributed by atoms with Gasteiger partial charge in [0, 0.05) is 17.6 Å². The fourth-order valence-corrected chi connectivity index (χ4v) is 3.89. The van der Waals surface area contributed by atoms with E-state index in [-0.39, 0.29) is 24.2 Å². The molecule has 4 nitrogen and oxygen atoms in total. The number of nitrogens with one attached hydrogen (secondary N) is 1. The molecule has 0 spiro atoms. The largest absolute Gasteiger partial charge is 0.375 e. The van der Waals surface area contributed by atoms with Crippen LogP contribution < -0.4 is 5.32 Å². The first-order valence-electron chi connectivity index (χ1n) is 8.84. The molecule has 1 N–H and O–H groups in total. The SMILES string of the molecule is C[C@@H]1CC(NC(=O)c2cc3ccccc3c3cccnc23)C[C@@H](C)O1. The van der Waals surface area contributed by atoms with E-state index in [9.17, 15) is 4.79 Å². The van der Waals surface area contributed by atoms with Gasteiger partial charge in [-0.05, 0) is 49.6 Å². The van der Waals surface area contributed by atoms with Crippen molar-refractivity contribution in [1.82, 2.24) is 10.3 Å². The zero-order chi connectivity index (χ0) is 17.4. The van der Waals surface area contributed by atoms with Crippen molar-refractivity contribution in [1.29, 1.82) is 0 Å². The molecule has 1 aliphatic heterocycles. The highest BCUT2D eigenvalue weighted by molar-refractivity contribution is 6.15. The highest BCUT2D eigenvalue weighted by Crippen LogP contribution is 2.28. The summed E-state index contributed by atoms with van der Waals surface area (Å²) in [6.07, 6.45) is 3.76. The van der Waals surface area contributed by atoms with E-state index in [1.165, 1.54) is 0 Å². The predicted octanol–water partition coefficient (Wildman–Crippen LogP) is 4.07. The highest BCUT2D eigenvalue weighted by Gasteiger charge is 2.26. The maximum absolute atomic E-state index is 13.0. The van der Waals surface area contributed by atoms with Gasteiger partial charge in [-0.2, -0.15) is 0 Å². The number of pyridine rings is 1. The van der Waals surface area contributed by atoms with Gasteiger partial charge < -0.3 is 10.1 Å². The van der Waals surface area contributed by atoms with Gasteiger partial charge >= 0.3 is 0 Å². The topological polar surface area (TPSA) is 51.2 Å². The molecule has 25 heavy (non-hydrogen) atoms. The second-order valence-electron chi connectivity index (χ2n) is 6.94. The van der Waals surface area contributed by atoms with Crippen molar-refractivity contribution in [2.24, 2.45) is 0 Å². The van der Waals surface area contributed by atoms with Crippen LogP contribution >= 0.6 is 0 Å². The summed E-state index contributed by atoms with van der Waals surface area (Å²) in [5.41, 5.74) is 1.40. The lowest BCUT2D eigenvalue weighted by molar-refractivity contribution is -0.0408. The maximum Gasteiger partial charge on any atom is 0.253 e. The second kappa shape index (κ2) is 6.45. The molecule has 4 rings (SSSR count). The molecule has 128 valence electrons. The Labute approximate surface area is 147 Å². The zero-order valence-corrected chi connectivity index (χ0v) is 14.5. The van der Waals surface area contributed by atoms with Crippen LogP contribution in [0.2, 0.25) is 0 Å². The molecule has 4 heteroatoms. The normalized spacial score (nSPS) is 23.7. The fraction of sp³-hybridized carbons (Fsp3) is 0.333. The van der Waals surface area contributed by atoms with E-state index in [0.717, 1.165) is 34.5 Å². The van der Waals surface area contributed by atoms with Gasteiger partial charge in [0.15, 0.2) is 0 Å². The minimum Gasteiger partial charge on any atom is -0.375 e. The molecule has 2 atom stereocenters. The third kappa shape index (κ3) is 3.10. The Bertz CT molecular complexity index is 927. The number of fused-ring (bicyclic) bond motifs is 3. The van der Waals surface area contributed by atoms with Gasteiger partial charge in [-0.3, -0.25) is 9.78 Å². The lowest BCUT2D eigenvalue weighted by atomic mass is 9.97. The lowest BCUT2D eigenvalue weighted by Crippen LogP contribution is -2.44. The van der Waals surface area contributed by atoms with Gasteiger partial charge in [0.2, 0.25) is 0 Å². The van der Waals surface area contributed by atoms with E-state index in [0.29, 0.717) is 5.56 Å². The fourth-order valence-electron chi connectivity index (χ4n) is 3.89. The van der Waals surface area contributed by atoms with Gasteiger partial charge in [-0.15, -0.1) is 0 Å². The van der Waals surface area contributed by atoms with Crippen LogP contribution in [0.25, 0.3) is 21.7 Å². The van der Waals surface area contributed by atoms with E-state index in [2.05, 4.69) is 30.2 Å². The van der Waals surface area contributed by atoms with Crippen molar-refractivity contribution in [2.75, 3.05) is 0 Å². The van der Waals surface area contributed by atoms with Crippen LogP contribution in [0.3, 0.4) is 0 Å². The number of rotatable bonds is 2. The molecule has 3 aromatic rings. The number of nitrogens with zero attached hydrogens (tertiary/aromatic N) is 1. The van der Waals surface area contributed by atoms with Crippen molar-refractivity contribution >= 4 is 27.6 Å². The third-order valence-electron chi connectivity index (χ3n) is 4.89. The summed E-state index contributed by atoms with van der Waals surface area (Å²) >= 11 is 0. The third-order valence-corrected chi connectivity index (χ3v) is 4.89. The van der Waals surface area contributed by atoms with Crippen molar-refractivity contribution in [3.8, 4) is 0 Å². The average molecular weight is 334 g/mol. The number of ether oxygens (including phenoxy) is 1. The van der Waals surface area contributed by atoms with E-state index < -0.39 is 0 Å². The first-order chi connectivity index (χ1) is 12.1. The Hall–Kier alpha value is -2.46. The Morgan fingerprint density at radius 1 is 1.08 bits per heavy atom. The van der Waals surface area contributed by atoms with Gasteiger partial charge in [0.05, 0.1) is 23.3 Å². The minimum atomic E-state index is -0.0549. The summed E-state index contributed by atoms with van der Waals surface area (Å²) in [6.45, 7) is 4.11. The van der Waals surface area contributed by atoms with Gasteiger partial charge in [0.25, 0.3) is 5.91 Å². The molecular weight excluding hydrogens is 312 g/mol. The Morgan fingerprint density at radius 2 is 1.80 bits per heavy atom. The monoisotopic (exact) mass is 334 g/mol. The summed E-state index contributed by atoms with van der Waals surface area (Å²) in [5, 5.41) is 6.39. The van der Waals surface area contributed by atoms with E-state index >= 15 is 0 Å². The number of benzene rings is 2. The highest BCUT2D eigenvalue weighted by atomic mass is 16.5. The number of amides is 1. The van der Waals surface area contributed by atoms with Crippen LogP contribution in [0.1, 0.15) is 37.0 Å².